The normalized spacial score (nSPS) is 17.9. The van der Waals surface area contributed by atoms with Crippen LogP contribution in [-0.4, -0.2) is 30.6 Å². The molecule has 1 aliphatic heterocycles. The van der Waals surface area contributed by atoms with E-state index in [1.165, 1.54) is 38.1 Å². The Hall–Kier alpha value is -1.00. The van der Waals surface area contributed by atoms with Crippen LogP contribution in [0.25, 0.3) is 0 Å². The molecule has 1 N–H and O–H groups in total. The second kappa shape index (κ2) is 7.14. The molecule has 20 heavy (non-hydrogen) atoms. The maximum absolute atomic E-state index is 13.1. The van der Waals surface area contributed by atoms with Crippen LogP contribution in [0.3, 0.4) is 0 Å². The number of hydrogen-bond donors (Lipinski definition) is 1. The molecule has 1 saturated heterocycles. The Morgan fingerprint density at radius 3 is 2.45 bits per heavy atom. The van der Waals surface area contributed by atoms with Gasteiger partial charge in [-0.05, 0) is 49.5 Å². The van der Waals surface area contributed by atoms with Crippen LogP contribution in [0.5, 0.6) is 0 Å². The summed E-state index contributed by atoms with van der Waals surface area (Å²) in [6.45, 7) is 8.29. The van der Waals surface area contributed by atoms with Crippen molar-refractivity contribution < 1.29 is 8.78 Å². The Bertz CT molecular complexity index is 428. The average Bonchev–Trinajstić information content (AvgIpc) is 2.92. The first-order chi connectivity index (χ1) is 9.58. The van der Waals surface area contributed by atoms with E-state index < -0.39 is 11.6 Å². The van der Waals surface area contributed by atoms with Crippen LogP contribution < -0.4 is 5.32 Å². The lowest BCUT2D eigenvalue weighted by Crippen LogP contribution is -2.44. The van der Waals surface area contributed by atoms with E-state index in [2.05, 4.69) is 24.1 Å². The highest BCUT2D eigenvalue weighted by atomic mass is 19.2. The first-order valence-corrected chi connectivity index (χ1v) is 7.46. The quantitative estimate of drug-likeness (QED) is 0.862. The molecular weight excluding hydrogens is 258 g/mol. The Balaban J connectivity index is 1.84. The van der Waals surface area contributed by atoms with Gasteiger partial charge in [-0.2, -0.15) is 0 Å². The number of rotatable bonds is 6. The summed E-state index contributed by atoms with van der Waals surface area (Å²) in [7, 11) is 0. The topological polar surface area (TPSA) is 15.3 Å². The summed E-state index contributed by atoms with van der Waals surface area (Å²) in [6, 6.07) is 4.60. The Morgan fingerprint density at radius 2 is 1.85 bits per heavy atom. The molecule has 4 heteroatoms. The zero-order valence-corrected chi connectivity index (χ0v) is 12.3. The van der Waals surface area contributed by atoms with Crippen molar-refractivity contribution in [3.63, 3.8) is 0 Å². The van der Waals surface area contributed by atoms with E-state index in [9.17, 15) is 8.78 Å². The van der Waals surface area contributed by atoms with Gasteiger partial charge in [-0.25, -0.2) is 8.78 Å². The molecule has 1 aromatic carbocycles. The van der Waals surface area contributed by atoms with Gasteiger partial charge in [0.05, 0.1) is 0 Å². The molecule has 0 bridgehead atoms. The van der Waals surface area contributed by atoms with Gasteiger partial charge in [0.1, 0.15) is 0 Å². The van der Waals surface area contributed by atoms with Gasteiger partial charge >= 0.3 is 0 Å². The largest absolute Gasteiger partial charge is 0.311 e. The summed E-state index contributed by atoms with van der Waals surface area (Å²) in [5.74, 6) is -0.972. The van der Waals surface area contributed by atoms with E-state index in [4.69, 9.17) is 0 Å². The van der Waals surface area contributed by atoms with E-state index >= 15 is 0 Å². The molecule has 1 unspecified atom stereocenters. The zero-order valence-electron chi connectivity index (χ0n) is 12.3. The fourth-order valence-electron chi connectivity index (χ4n) is 2.87. The van der Waals surface area contributed by atoms with Crippen molar-refractivity contribution in [1.82, 2.24) is 10.2 Å². The first-order valence-electron chi connectivity index (χ1n) is 7.46. The summed E-state index contributed by atoms with van der Waals surface area (Å²) in [5.41, 5.74) is 0.785. The van der Waals surface area contributed by atoms with Crippen LogP contribution >= 0.6 is 0 Å². The van der Waals surface area contributed by atoms with Crippen molar-refractivity contribution in [1.29, 1.82) is 0 Å². The van der Waals surface area contributed by atoms with Crippen LogP contribution in [0, 0.1) is 17.6 Å². The van der Waals surface area contributed by atoms with Gasteiger partial charge < -0.3 is 5.32 Å². The number of hydrogen-bond acceptors (Lipinski definition) is 2. The highest BCUT2D eigenvalue weighted by Crippen LogP contribution is 2.17. The molecule has 0 aliphatic carbocycles. The molecule has 0 radical (unpaired) electrons. The predicted molar refractivity (Wildman–Crippen MR) is 77.5 cm³/mol. The van der Waals surface area contributed by atoms with Crippen molar-refractivity contribution >= 4 is 0 Å². The van der Waals surface area contributed by atoms with E-state index in [0.29, 0.717) is 18.5 Å². The molecule has 1 aliphatic rings. The number of halogens is 2. The molecule has 1 heterocycles. The van der Waals surface area contributed by atoms with Crippen LogP contribution in [0.4, 0.5) is 8.78 Å². The third kappa shape index (κ3) is 4.00. The van der Waals surface area contributed by atoms with Crippen LogP contribution in [-0.2, 0) is 6.54 Å². The second-order valence-electron chi connectivity index (χ2n) is 5.93. The van der Waals surface area contributed by atoms with Gasteiger partial charge in [0.2, 0.25) is 0 Å². The summed E-state index contributed by atoms with van der Waals surface area (Å²) in [6.07, 6.45) is 2.57. The second-order valence-corrected chi connectivity index (χ2v) is 5.93. The van der Waals surface area contributed by atoms with Crippen LogP contribution in [0.1, 0.15) is 32.3 Å². The number of nitrogens with one attached hydrogen (secondary N) is 1. The summed E-state index contributed by atoms with van der Waals surface area (Å²) in [5, 5.41) is 3.38. The molecule has 112 valence electrons. The van der Waals surface area contributed by atoms with Gasteiger partial charge in [-0.1, -0.05) is 19.9 Å². The smallest absolute Gasteiger partial charge is 0.159 e. The van der Waals surface area contributed by atoms with Crippen molar-refractivity contribution in [3.05, 3.63) is 35.4 Å². The molecule has 2 nitrogen and oxygen atoms in total. The molecule has 0 amide bonds. The zero-order chi connectivity index (χ0) is 14.5. The van der Waals surface area contributed by atoms with Gasteiger partial charge in [-0.15, -0.1) is 0 Å². The summed E-state index contributed by atoms with van der Waals surface area (Å²) in [4.78, 5) is 2.53. The monoisotopic (exact) mass is 282 g/mol. The summed E-state index contributed by atoms with van der Waals surface area (Å²) >= 11 is 0. The first kappa shape index (κ1) is 15.4. The highest BCUT2D eigenvalue weighted by molar-refractivity contribution is 5.17. The number of likely N-dealkylation sites (tertiary alicyclic amines) is 1. The van der Waals surface area contributed by atoms with Crippen molar-refractivity contribution in [3.8, 4) is 0 Å². The van der Waals surface area contributed by atoms with E-state index in [-0.39, 0.29) is 0 Å². The third-order valence-corrected chi connectivity index (χ3v) is 4.05. The lowest BCUT2D eigenvalue weighted by Gasteiger charge is -2.31. The third-order valence-electron chi connectivity index (χ3n) is 4.05. The molecule has 0 saturated carbocycles. The Labute approximate surface area is 120 Å². The fraction of sp³-hybridized carbons (Fsp3) is 0.625. The maximum atomic E-state index is 13.1. The molecular formula is C16H24F2N2. The molecule has 0 aromatic heterocycles. The lowest BCUT2D eigenvalue weighted by molar-refractivity contribution is 0.186. The lowest BCUT2D eigenvalue weighted by atomic mass is 10.0. The molecule has 2 rings (SSSR count). The van der Waals surface area contributed by atoms with Crippen LogP contribution in [0.15, 0.2) is 18.2 Å². The summed E-state index contributed by atoms with van der Waals surface area (Å²) < 4.78 is 26.0. The molecule has 1 atom stereocenters. The minimum atomic E-state index is -0.786. The Kier molecular flexibility index (Phi) is 5.49. The SMILES string of the molecule is CC(C)C(CNCc1ccc(F)c(F)c1)N1CCCC1. The van der Waals surface area contributed by atoms with Crippen molar-refractivity contribution in [2.45, 2.75) is 39.3 Å². The van der Waals surface area contributed by atoms with Gasteiger partial charge in [-0.3, -0.25) is 4.90 Å². The van der Waals surface area contributed by atoms with Gasteiger partial charge in [0.15, 0.2) is 11.6 Å². The van der Waals surface area contributed by atoms with E-state index in [1.807, 2.05) is 0 Å². The van der Waals surface area contributed by atoms with E-state index in [0.717, 1.165) is 12.1 Å². The van der Waals surface area contributed by atoms with Crippen molar-refractivity contribution in [2.75, 3.05) is 19.6 Å². The number of nitrogens with zero attached hydrogens (tertiary/aromatic N) is 1. The van der Waals surface area contributed by atoms with E-state index in [1.54, 1.807) is 6.07 Å². The Morgan fingerprint density at radius 1 is 1.15 bits per heavy atom. The van der Waals surface area contributed by atoms with Gasteiger partial charge in [0.25, 0.3) is 0 Å². The fourth-order valence-corrected chi connectivity index (χ4v) is 2.87. The predicted octanol–water partition coefficient (Wildman–Crippen LogP) is 3.17. The minimum absolute atomic E-state index is 0.516. The average molecular weight is 282 g/mol. The maximum Gasteiger partial charge on any atom is 0.159 e. The van der Waals surface area contributed by atoms with Gasteiger partial charge in [0, 0.05) is 19.1 Å². The highest BCUT2D eigenvalue weighted by Gasteiger charge is 2.23. The van der Waals surface area contributed by atoms with Crippen LogP contribution in [0.2, 0.25) is 0 Å². The molecule has 0 spiro atoms. The molecule has 1 fully saturated rings. The van der Waals surface area contributed by atoms with Crippen molar-refractivity contribution in [2.24, 2.45) is 5.92 Å². The minimum Gasteiger partial charge on any atom is -0.311 e. The molecule has 1 aromatic rings. The standard InChI is InChI=1S/C16H24F2N2/c1-12(2)16(20-7-3-4-8-20)11-19-10-13-5-6-14(17)15(18)9-13/h5-6,9,12,16,19H,3-4,7-8,10-11H2,1-2H3. The number of benzene rings is 1.